The van der Waals surface area contributed by atoms with E-state index >= 15 is 0 Å². The highest BCUT2D eigenvalue weighted by atomic mass is 79.9. The van der Waals surface area contributed by atoms with E-state index in [1.165, 1.54) is 4.90 Å². The summed E-state index contributed by atoms with van der Waals surface area (Å²) in [4.78, 5) is 14.5. The van der Waals surface area contributed by atoms with Gasteiger partial charge in [-0.1, -0.05) is 0 Å². The lowest BCUT2D eigenvalue weighted by atomic mass is 10.2. The predicted molar refractivity (Wildman–Crippen MR) is 71.9 cm³/mol. The molecule has 1 N–H and O–H groups in total. The molecule has 100 valence electrons. The molecule has 2 heterocycles. The third kappa shape index (κ3) is 2.60. The van der Waals surface area contributed by atoms with Crippen LogP contribution in [0.1, 0.15) is 12.8 Å². The van der Waals surface area contributed by atoms with Crippen LogP contribution in [0.25, 0.3) is 0 Å². The summed E-state index contributed by atoms with van der Waals surface area (Å²) in [6.07, 6.45) is 1.22. The molecule has 0 saturated carbocycles. The zero-order valence-electron chi connectivity index (χ0n) is 10.5. The topological polar surface area (TPSA) is 61.6 Å². The first-order valence-corrected chi connectivity index (χ1v) is 6.68. The molecular formula is C11H17BrN4O2. The van der Waals surface area contributed by atoms with Gasteiger partial charge in [-0.25, -0.2) is 4.79 Å². The lowest BCUT2D eigenvalue weighted by Crippen LogP contribution is -2.41. The van der Waals surface area contributed by atoms with E-state index in [-0.39, 0.29) is 6.04 Å². The highest BCUT2D eigenvalue weighted by Gasteiger charge is 2.28. The molecule has 1 aromatic rings. The van der Waals surface area contributed by atoms with Crippen LogP contribution in [0.5, 0.6) is 0 Å². The molecule has 7 heteroatoms. The van der Waals surface area contributed by atoms with E-state index in [4.69, 9.17) is 5.11 Å². The average molecular weight is 317 g/mol. The van der Waals surface area contributed by atoms with Crippen molar-refractivity contribution in [3.05, 3.63) is 10.7 Å². The van der Waals surface area contributed by atoms with Gasteiger partial charge >= 0.3 is 6.09 Å². The molecule has 0 aromatic carbocycles. The molecule has 1 aliphatic heterocycles. The minimum Gasteiger partial charge on any atom is -0.465 e. The van der Waals surface area contributed by atoms with Gasteiger partial charge in [0.1, 0.15) is 10.4 Å². The lowest BCUT2D eigenvalue weighted by molar-refractivity contribution is 0.153. The van der Waals surface area contributed by atoms with Crippen molar-refractivity contribution in [2.75, 3.05) is 25.0 Å². The molecule has 0 aliphatic carbocycles. The summed E-state index contributed by atoms with van der Waals surface area (Å²) in [5.74, 6) is 1.03. The molecule has 2 rings (SSSR count). The zero-order valence-corrected chi connectivity index (χ0v) is 12.1. The Morgan fingerprint density at radius 2 is 2.44 bits per heavy atom. The largest absolute Gasteiger partial charge is 0.465 e. The van der Waals surface area contributed by atoms with Gasteiger partial charge < -0.3 is 14.9 Å². The number of nitrogens with zero attached hydrogens (tertiary/aromatic N) is 4. The van der Waals surface area contributed by atoms with Gasteiger partial charge in [-0.05, 0) is 28.8 Å². The van der Waals surface area contributed by atoms with Crippen LogP contribution in [0.15, 0.2) is 10.7 Å². The van der Waals surface area contributed by atoms with Crippen molar-refractivity contribution in [1.82, 2.24) is 14.7 Å². The number of likely N-dealkylation sites (N-methyl/N-ethyl adjacent to an activating group) is 1. The van der Waals surface area contributed by atoms with Gasteiger partial charge in [0.05, 0.1) is 0 Å². The number of aromatic nitrogens is 2. The van der Waals surface area contributed by atoms with Crippen molar-refractivity contribution in [1.29, 1.82) is 0 Å². The van der Waals surface area contributed by atoms with Crippen molar-refractivity contribution < 1.29 is 9.90 Å². The molecule has 6 nitrogen and oxygen atoms in total. The molecule has 18 heavy (non-hydrogen) atoms. The van der Waals surface area contributed by atoms with Crippen molar-refractivity contribution >= 4 is 27.8 Å². The Hall–Kier alpha value is -1.24. The summed E-state index contributed by atoms with van der Waals surface area (Å²) in [5, 5.41) is 13.2. The Morgan fingerprint density at radius 1 is 1.72 bits per heavy atom. The summed E-state index contributed by atoms with van der Waals surface area (Å²) < 4.78 is 2.63. The van der Waals surface area contributed by atoms with Gasteiger partial charge in [-0.15, -0.1) is 0 Å². The SMILES string of the molecule is CN(C[C@H]1CCCN1c1cc(Br)nn1C)C(=O)O. The maximum absolute atomic E-state index is 10.9. The van der Waals surface area contributed by atoms with Crippen LogP contribution in [-0.2, 0) is 7.05 Å². The first-order chi connectivity index (χ1) is 8.49. The highest BCUT2D eigenvalue weighted by Crippen LogP contribution is 2.27. The van der Waals surface area contributed by atoms with Crippen LogP contribution in [0.2, 0.25) is 0 Å². The number of rotatable bonds is 3. The van der Waals surface area contributed by atoms with Crippen molar-refractivity contribution in [2.24, 2.45) is 7.05 Å². The van der Waals surface area contributed by atoms with Crippen LogP contribution in [0, 0.1) is 0 Å². The van der Waals surface area contributed by atoms with Gasteiger partial charge in [-0.2, -0.15) is 5.10 Å². The second-order valence-electron chi connectivity index (χ2n) is 4.60. The van der Waals surface area contributed by atoms with Gasteiger partial charge in [0, 0.05) is 39.3 Å². The first-order valence-electron chi connectivity index (χ1n) is 5.89. The van der Waals surface area contributed by atoms with Crippen LogP contribution >= 0.6 is 15.9 Å². The van der Waals surface area contributed by atoms with Gasteiger partial charge in [0.25, 0.3) is 0 Å². The standard InChI is InChI=1S/C11H17BrN4O2/c1-14(11(17)18)7-8-4-3-5-16(8)10-6-9(12)13-15(10)2/h6,8H,3-5,7H2,1-2H3,(H,17,18)/t8-/m1/s1. The number of halogens is 1. The molecule has 1 saturated heterocycles. The fraction of sp³-hybridized carbons (Fsp3) is 0.636. The Kier molecular flexibility index (Phi) is 3.79. The Bertz CT molecular complexity index is 448. The smallest absolute Gasteiger partial charge is 0.407 e. The third-order valence-electron chi connectivity index (χ3n) is 3.31. The van der Waals surface area contributed by atoms with E-state index in [1.807, 2.05) is 17.8 Å². The molecule has 1 fully saturated rings. The molecule has 1 aliphatic rings. The number of anilines is 1. The fourth-order valence-electron chi connectivity index (χ4n) is 2.41. The van der Waals surface area contributed by atoms with E-state index in [9.17, 15) is 4.79 Å². The Morgan fingerprint density at radius 3 is 3.00 bits per heavy atom. The minimum atomic E-state index is -0.881. The molecule has 0 unspecified atom stereocenters. The van der Waals surface area contributed by atoms with Crippen LogP contribution in [0.4, 0.5) is 10.6 Å². The van der Waals surface area contributed by atoms with Crippen LogP contribution < -0.4 is 4.90 Å². The van der Waals surface area contributed by atoms with Crippen LogP contribution in [0.3, 0.4) is 0 Å². The first kappa shape index (κ1) is 13.2. The molecule has 0 spiro atoms. The monoisotopic (exact) mass is 316 g/mol. The van der Waals surface area contributed by atoms with E-state index in [0.29, 0.717) is 6.54 Å². The maximum Gasteiger partial charge on any atom is 0.407 e. The number of hydrogen-bond acceptors (Lipinski definition) is 3. The number of aryl methyl sites for hydroxylation is 1. The van der Waals surface area contributed by atoms with Gasteiger partial charge in [-0.3, -0.25) is 4.68 Å². The third-order valence-corrected chi connectivity index (χ3v) is 3.70. The maximum atomic E-state index is 10.9. The summed E-state index contributed by atoms with van der Waals surface area (Å²) in [5.41, 5.74) is 0. The average Bonchev–Trinajstić information content (AvgIpc) is 2.85. The van der Waals surface area contributed by atoms with E-state index < -0.39 is 6.09 Å². The quantitative estimate of drug-likeness (QED) is 0.923. The Balaban J connectivity index is 2.12. The molecule has 1 amide bonds. The second-order valence-corrected chi connectivity index (χ2v) is 5.41. The van der Waals surface area contributed by atoms with E-state index in [1.54, 1.807) is 7.05 Å². The van der Waals surface area contributed by atoms with Crippen molar-refractivity contribution in [3.8, 4) is 0 Å². The molecule has 1 aromatic heterocycles. The number of hydrogen-bond donors (Lipinski definition) is 1. The molecule has 0 radical (unpaired) electrons. The van der Waals surface area contributed by atoms with Gasteiger partial charge in [0.2, 0.25) is 0 Å². The van der Waals surface area contributed by atoms with E-state index in [0.717, 1.165) is 29.8 Å². The number of amides is 1. The normalized spacial score (nSPS) is 19.3. The fourth-order valence-corrected chi connectivity index (χ4v) is 2.86. The Labute approximate surface area is 114 Å². The highest BCUT2D eigenvalue weighted by molar-refractivity contribution is 9.10. The molecule has 0 bridgehead atoms. The van der Waals surface area contributed by atoms with Gasteiger partial charge in [0.15, 0.2) is 0 Å². The zero-order chi connectivity index (χ0) is 13.3. The molecule has 1 atom stereocenters. The van der Waals surface area contributed by atoms with Crippen molar-refractivity contribution in [3.63, 3.8) is 0 Å². The predicted octanol–water partition coefficient (Wildman–Crippen LogP) is 1.76. The minimum absolute atomic E-state index is 0.230. The summed E-state index contributed by atoms with van der Waals surface area (Å²) >= 11 is 3.36. The lowest BCUT2D eigenvalue weighted by Gasteiger charge is -2.28. The summed E-state index contributed by atoms with van der Waals surface area (Å²) in [7, 11) is 3.51. The van der Waals surface area contributed by atoms with E-state index in [2.05, 4.69) is 25.9 Å². The number of carboxylic acid groups (broad SMARTS) is 1. The number of carbonyl (C=O) groups is 1. The summed E-state index contributed by atoms with van der Waals surface area (Å²) in [6.45, 7) is 1.47. The second kappa shape index (κ2) is 5.17. The molecular weight excluding hydrogens is 300 g/mol. The van der Waals surface area contributed by atoms with Crippen LogP contribution in [-0.4, -0.2) is 52.1 Å². The summed E-state index contributed by atoms with van der Waals surface area (Å²) in [6, 6.07) is 2.20. The van der Waals surface area contributed by atoms with Crippen molar-refractivity contribution in [2.45, 2.75) is 18.9 Å².